The molecule has 0 bridgehead atoms. The third-order valence-corrected chi connectivity index (χ3v) is 10.2. The first-order valence-corrected chi connectivity index (χ1v) is 15.2. The average molecular weight is 567 g/mol. The Hall–Kier alpha value is -2.39. The van der Waals surface area contributed by atoms with E-state index in [0.717, 1.165) is 44.3 Å². The molecular weight excluding hydrogens is 523 g/mol. The van der Waals surface area contributed by atoms with Gasteiger partial charge in [0.05, 0.1) is 43.5 Å². The minimum Gasteiger partial charge on any atom is -0.370 e. The van der Waals surface area contributed by atoms with Crippen LogP contribution in [0.3, 0.4) is 0 Å². The molecule has 5 aliphatic rings. The number of fused-ring (bicyclic) bond motifs is 2. The van der Waals surface area contributed by atoms with Gasteiger partial charge in [0.1, 0.15) is 5.82 Å². The molecular formula is C31H43FN6O3. The van der Waals surface area contributed by atoms with E-state index in [1.165, 1.54) is 18.6 Å². The van der Waals surface area contributed by atoms with Crippen molar-refractivity contribution in [2.75, 3.05) is 39.8 Å². The first-order valence-electron chi connectivity index (χ1n) is 15.2. The fraction of sp³-hybridized carbons (Fsp3) is 0.677. The number of nitriles is 1. The molecule has 1 aromatic rings. The molecule has 0 aromatic heterocycles. The predicted molar refractivity (Wildman–Crippen MR) is 152 cm³/mol. The number of nitrogens with zero attached hydrogens (tertiary/aromatic N) is 4. The van der Waals surface area contributed by atoms with Crippen molar-refractivity contribution in [1.29, 1.82) is 5.26 Å². The number of piperazine rings is 1. The van der Waals surface area contributed by atoms with Crippen molar-refractivity contribution in [2.45, 2.75) is 87.8 Å². The standard InChI is InChI=1S/C31H43FN6O3/c1-3-28(39)38-15-14-37(18-22(38)10-12-33)29-24-9-11-31(16-21-6-4-8-26(32)25(21)20-41-31)17-27(24)34-30(35-29)40-19-23-7-5-13-36(23)2/h3-4,6,8,22-24,27,29-30,34-35H,1,5,7,9-11,13-20H2,2H3/t22?,23?,24?,27?,29?,30?,31-/m0/s1. The van der Waals surface area contributed by atoms with Crippen LogP contribution in [0.1, 0.15) is 49.7 Å². The molecule has 222 valence electrons. The third-order valence-electron chi connectivity index (χ3n) is 10.2. The van der Waals surface area contributed by atoms with Crippen molar-refractivity contribution in [1.82, 2.24) is 25.3 Å². The molecule has 41 heavy (non-hydrogen) atoms. The zero-order chi connectivity index (χ0) is 28.6. The SMILES string of the molecule is C=CC(=O)N1CCN(C2NC(OCC3CCCN3C)NC3C[C@]4(CCC32)Cc2cccc(F)c2CO4)CC1CC#N. The van der Waals surface area contributed by atoms with Crippen LogP contribution in [-0.4, -0.2) is 96.7 Å². The molecule has 4 fully saturated rings. The molecule has 6 unspecified atom stereocenters. The average Bonchev–Trinajstić information content (AvgIpc) is 3.39. The lowest BCUT2D eigenvalue weighted by molar-refractivity contribution is -0.153. The van der Waals surface area contributed by atoms with Crippen molar-refractivity contribution in [3.05, 3.63) is 47.8 Å². The summed E-state index contributed by atoms with van der Waals surface area (Å²) in [7, 11) is 2.16. The van der Waals surface area contributed by atoms with Gasteiger partial charge in [-0.2, -0.15) is 5.26 Å². The van der Waals surface area contributed by atoms with Crippen molar-refractivity contribution in [2.24, 2.45) is 5.92 Å². The van der Waals surface area contributed by atoms with E-state index >= 15 is 0 Å². The highest BCUT2D eigenvalue weighted by molar-refractivity contribution is 5.87. The number of likely N-dealkylation sites (N-methyl/N-ethyl adjacent to an activating group) is 1. The summed E-state index contributed by atoms with van der Waals surface area (Å²) in [6.45, 7) is 7.63. The number of carbonyl (C=O) groups is 1. The van der Waals surface area contributed by atoms with Gasteiger partial charge in [0.25, 0.3) is 0 Å². The second-order valence-corrected chi connectivity index (χ2v) is 12.6. The van der Waals surface area contributed by atoms with E-state index in [4.69, 9.17) is 9.47 Å². The van der Waals surface area contributed by atoms with Crippen LogP contribution >= 0.6 is 0 Å². The van der Waals surface area contributed by atoms with E-state index in [1.54, 1.807) is 11.0 Å². The lowest BCUT2D eigenvalue weighted by atomic mass is 9.69. The summed E-state index contributed by atoms with van der Waals surface area (Å²) < 4.78 is 27.4. The van der Waals surface area contributed by atoms with Gasteiger partial charge in [0, 0.05) is 49.6 Å². The largest absolute Gasteiger partial charge is 0.370 e. The Bertz CT molecular complexity index is 1180. The zero-order valence-electron chi connectivity index (χ0n) is 24.1. The molecule has 4 heterocycles. The van der Waals surface area contributed by atoms with E-state index < -0.39 is 0 Å². The lowest BCUT2D eigenvalue weighted by Gasteiger charge is -2.56. The van der Waals surface area contributed by atoms with Gasteiger partial charge >= 0.3 is 0 Å². The Morgan fingerprint density at radius 3 is 2.95 bits per heavy atom. The highest BCUT2D eigenvalue weighted by atomic mass is 19.1. The van der Waals surface area contributed by atoms with Crippen molar-refractivity contribution >= 4 is 5.91 Å². The molecule has 2 N–H and O–H groups in total. The quantitative estimate of drug-likeness (QED) is 0.507. The first-order chi connectivity index (χ1) is 19.9. The van der Waals surface area contributed by atoms with Crippen LogP contribution < -0.4 is 10.6 Å². The predicted octanol–water partition coefficient (Wildman–Crippen LogP) is 2.33. The van der Waals surface area contributed by atoms with Gasteiger partial charge in [-0.15, -0.1) is 0 Å². The highest BCUT2D eigenvalue weighted by Crippen LogP contribution is 2.44. The molecule has 9 nitrogen and oxygen atoms in total. The molecule has 7 atom stereocenters. The van der Waals surface area contributed by atoms with Crippen LogP contribution in [0.5, 0.6) is 0 Å². The normalized spacial score (nSPS) is 36.0. The van der Waals surface area contributed by atoms with Gasteiger partial charge in [0.15, 0.2) is 6.35 Å². The third kappa shape index (κ3) is 5.81. The summed E-state index contributed by atoms with van der Waals surface area (Å²) in [6.07, 6.45) is 7.08. The maximum absolute atomic E-state index is 14.5. The Labute approximate surface area is 242 Å². The van der Waals surface area contributed by atoms with Gasteiger partial charge in [-0.25, -0.2) is 4.39 Å². The number of nitrogens with one attached hydrogen (secondary N) is 2. The summed E-state index contributed by atoms with van der Waals surface area (Å²) in [6, 6.07) is 8.02. The van der Waals surface area contributed by atoms with Crippen LogP contribution in [0.2, 0.25) is 0 Å². The summed E-state index contributed by atoms with van der Waals surface area (Å²) in [5.41, 5.74) is 1.42. The van der Waals surface area contributed by atoms with Gasteiger partial charge < -0.3 is 19.3 Å². The number of benzene rings is 1. The summed E-state index contributed by atoms with van der Waals surface area (Å²) >= 11 is 0. The number of hydrogen-bond donors (Lipinski definition) is 2. The van der Waals surface area contributed by atoms with Gasteiger partial charge in [-0.05, 0) is 63.4 Å². The molecule has 6 rings (SSSR count). The fourth-order valence-electron chi connectivity index (χ4n) is 7.90. The minimum atomic E-state index is -0.328. The van der Waals surface area contributed by atoms with E-state index in [1.807, 2.05) is 6.07 Å². The Morgan fingerprint density at radius 1 is 1.29 bits per heavy atom. The van der Waals surface area contributed by atoms with E-state index in [-0.39, 0.29) is 48.3 Å². The molecule has 3 saturated heterocycles. The van der Waals surface area contributed by atoms with E-state index in [0.29, 0.717) is 50.2 Å². The Kier molecular flexibility index (Phi) is 8.46. The number of halogens is 1. The zero-order valence-corrected chi connectivity index (χ0v) is 24.1. The first kappa shape index (κ1) is 28.7. The molecule has 4 aliphatic heterocycles. The molecule has 1 aliphatic carbocycles. The van der Waals surface area contributed by atoms with Gasteiger partial charge in [-0.1, -0.05) is 18.7 Å². The second kappa shape index (κ2) is 12.1. The minimum absolute atomic E-state index is 0.0420. The van der Waals surface area contributed by atoms with Crippen LogP contribution in [0.25, 0.3) is 0 Å². The Balaban J connectivity index is 1.21. The number of amides is 1. The fourth-order valence-corrected chi connectivity index (χ4v) is 7.90. The molecule has 10 heteroatoms. The molecule has 0 radical (unpaired) electrons. The molecule has 1 saturated carbocycles. The maximum atomic E-state index is 14.5. The van der Waals surface area contributed by atoms with Crippen LogP contribution in [0, 0.1) is 23.1 Å². The monoisotopic (exact) mass is 566 g/mol. The van der Waals surface area contributed by atoms with Crippen LogP contribution in [0.15, 0.2) is 30.9 Å². The topological polar surface area (TPSA) is 93.1 Å². The van der Waals surface area contributed by atoms with Crippen LogP contribution in [0.4, 0.5) is 4.39 Å². The van der Waals surface area contributed by atoms with Gasteiger partial charge in [0.2, 0.25) is 5.91 Å². The summed E-state index contributed by atoms with van der Waals surface area (Å²) in [5.74, 6) is 0.00248. The second-order valence-electron chi connectivity index (χ2n) is 12.6. The Morgan fingerprint density at radius 2 is 2.17 bits per heavy atom. The number of ether oxygens (including phenoxy) is 2. The van der Waals surface area contributed by atoms with Crippen LogP contribution in [-0.2, 0) is 27.3 Å². The lowest BCUT2D eigenvalue weighted by Crippen LogP contribution is -2.73. The highest BCUT2D eigenvalue weighted by Gasteiger charge is 2.51. The maximum Gasteiger partial charge on any atom is 0.246 e. The number of rotatable bonds is 6. The number of hydrogen-bond acceptors (Lipinski definition) is 8. The van der Waals surface area contributed by atoms with Crippen molar-refractivity contribution in [3.8, 4) is 6.07 Å². The smallest absolute Gasteiger partial charge is 0.246 e. The molecule has 1 spiro atoms. The molecule has 1 aromatic carbocycles. The van der Waals surface area contributed by atoms with E-state index in [9.17, 15) is 14.4 Å². The van der Waals surface area contributed by atoms with Crippen molar-refractivity contribution in [3.63, 3.8) is 0 Å². The van der Waals surface area contributed by atoms with E-state index in [2.05, 4.69) is 40.1 Å². The summed E-state index contributed by atoms with van der Waals surface area (Å²) in [5, 5.41) is 17.1. The molecule has 1 amide bonds. The van der Waals surface area contributed by atoms with Gasteiger partial charge in [-0.3, -0.25) is 20.3 Å². The van der Waals surface area contributed by atoms with Crippen molar-refractivity contribution < 1.29 is 18.7 Å². The number of likely N-dealkylation sites (tertiary alicyclic amines) is 1. The summed E-state index contributed by atoms with van der Waals surface area (Å²) in [4.78, 5) is 19.1. The number of carbonyl (C=O) groups excluding carboxylic acids is 1.